The lowest BCUT2D eigenvalue weighted by molar-refractivity contribution is 0.0525. The monoisotopic (exact) mass is 422 g/mol. The molecule has 3 aromatic rings. The van der Waals surface area contributed by atoms with Crippen LogP contribution in [0.3, 0.4) is 0 Å². The zero-order valence-corrected chi connectivity index (χ0v) is 17.6. The Morgan fingerprint density at radius 1 is 1.03 bits per heavy atom. The molecule has 0 bridgehead atoms. The summed E-state index contributed by atoms with van der Waals surface area (Å²) in [5.41, 5.74) is 3.36. The van der Waals surface area contributed by atoms with Crippen molar-refractivity contribution < 1.29 is 24.2 Å². The van der Waals surface area contributed by atoms with Crippen LogP contribution in [0.25, 0.3) is 11.1 Å². The SMILES string of the molecule is CCOC(=O)c1cn(CC(O)CNc2ccc(C(=O)OC)cc2)cc1-c1ccccc1. The number of hydrogen-bond donors (Lipinski definition) is 2. The second kappa shape index (κ2) is 10.4. The third-order valence-corrected chi connectivity index (χ3v) is 4.73. The van der Waals surface area contributed by atoms with Gasteiger partial charge in [-0.25, -0.2) is 9.59 Å². The van der Waals surface area contributed by atoms with E-state index in [0.29, 0.717) is 30.8 Å². The van der Waals surface area contributed by atoms with Crippen LogP contribution in [0.4, 0.5) is 5.69 Å². The topological polar surface area (TPSA) is 89.8 Å². The van der Waals surface area contributed by atoms with E-state index >= 15 is 0 Å². The molecule has 1 atom stereocenters. The molecule has 0 aliphatic heterocycles. The molecule has 0 radical (unpaired) electrons. The number of nitrogens with zero attached hydrogens (tertiary/aromatic N) is 1. The van der Waals surface area contributed by atoms with Crippen LogP contribution in [-0.4, -0.2) is 48.0 Å². The smallest absolute Gasteiger partial charge is 0.340 e. The van der Waals surface area contributed by atoms with Crippen LogP contribution < -0.4 is 5.32 Å². The number of aromatic nitrogens is 1. The van der Waals surface area contributed by atoms with Crippen LogP contribution in [0, 0.1) is 0 Å². The van der Waals surface area contributed by atoms with Gasteiger partial charge in [-0.15, -0.1) is 0 Å². The first kappa shape index (κ1) is 22.1. The Labute approximate surface area is 181 Å². The summed E-state index contributed by atoms with van der Waals surface area (Å²) in [7, 11) is 1.34. The Hall–Kier alpha value is -3.58. The van der Waals surface area contributed by atoms with Gasteiger partial charge >= 0.3 is 11.9 Å². The minimum Gasteiger partial charge on any atom is -0.465 e. The highest BCUT2D eigenvalue weighted by Crippen LogP contribution is 2.26. The van der Waals surface area contributed by atoms with E-state index in [2.05, 4.69) is 10.1 Å². The Morgan fingerprint density at radius 2 is 1.74 bits per heavy atom. The number of esters is 2. The van der Waals surface area contributed by atoms with Crippen molar-refractivity contribution in [3.05, 3.63) is 78.1 Å². The molecule has 2 aromatic carbocycles. The summed E-state index contributed by atoms with van der Waals surface area (Å²) in [6.45, 7) is 2.65. The van der Waals surface area contributed by atoms with E-state index in [4.69, 9.17) is 4.74 Å². The molecule has 0 saturated carbocycles. The van der Waals surface area contributed by atoms with Gasteiger partial charge in [0.25, 0.3) is 0 Å². The van der Waals surface area contributed by atoms with E-state index in [1.165, 1.54) is 7.11 Å². The van der Waals surface area contributed by atoms with Gasteiger partial charge in [0.05, 0.1) is 30.9 Å². The summed E-state index contributed by atoms with van der Waals surface area (Å²) in [6, 6.07) is 16.4. The first-order valence-corrected chi connectivity index (χ1v) is 10.0. The molecule has 0 aliphatic carbocycles. The molecule has 1 unspecified atom stereocenters. The van der Waals surface area contributed by atoms with Crippen molar-refractivity contribution >= 4 is 17.6 Å². The van der Waals surface area contributed by atoms with Crippen molar-refractivity contribution in [1.29, 1.82) is 0 Å². The van der Waals surface area contributed by atoms with Crippen LogP contribution >= 0.6 is 0 Å². The normalized spacial score (nSPS) is 11.6. The molecule has 2 N–H and O–H groups in total. The van der Waals surface area contributed by atoms with Crippen molar-refractivity contribution in [1.82, 2.24) is 4.57 Å². The molecular formula is C24H26N2O5. The number of anilines is 1. The maximum atomic E-state index is 12.4. The van der Waals surface area contributed by atoms with Crippen LogP contribution in [0.1, 0.15) is 27.6 Å². The maximum absolute atomic E-state index is 12.4. The average molecular weight is 422 g/mol. The molecule has 0 fully saturated rings. The number of carbonyl (C=O) groups is 2. The first-order valence-electron chi connectivity index (χ1n) is 10.0. The number of aliphatic hydroxyl groups excluding tert-OH is 1. The molecule has 1 aromatic heterocycles. The number of nitrogens with one attached hydrogen (secondary N) is 1. The number of methoxy groups -OCH3 is 1. The summed E-state index contributed by atoms with van der Waals surface area (Å²) in [6.07, 6.45) is 2.84. The summed E-state index contributed by atoms with van der Waals surface area (Å²) < 4.78 is 11.7. The van der Waals surface area contributed by atoms with Gasteiger partial charge < -0.3 is 24.5 Å². The molecule has 31 heavy (non-hydrogen) atoms. The van der Waals surface area contributed by atoms with Gasteiger partial charge in [-0.2, -0.15) is 0 Å². The number of carbonyl (C=O) groups excluding carboxylic acids is 2. The van der Waals surface area contributed by atoms with E-state index < -0.39 is 18.0 Å². The Balaban J connectivity index is 1.67. The Morgan fingerprint density at radius 3 is 2.39 bits per heavy atom. The van der Waals surface area contributed by atoms with Gasteiger partial charge in [0.1, 0.15) is 0 Å². The van der Waals surface area contributed by atoms with Gasteiger partial charge in [-0.1, -0.05) is 30.3 Å². The van der Waals surface area contributed by atoms with Crippen molar-refractivity contribution in [2.24, 2.45) is 0 Å². The fourth-order valence-corrected chi connectivity index (χ4v) is 3.22. The highest BCUT2D eigenvalue weighted by atomic mass is 16.5. The molecule has 3 rings (SSSR count). The van der Waals surface area contributed by atoms with E-state index in [0.717, 1.165) is 16.8 Å². The minimum atomic E-state index is -0.702. The summed E-state index contributed by atoms with van der Waals surface area (Å²) in [5, 5.41) is 13.6. The second-order valence-corrected chi connectivity index (χ2v) is 6.97. The molecule has 0 amide bonds. The van der Waals surface area contributed by atoms with Crippen molar-refractivity contribution in [2.45, 2.75) is 19.6 Å². The summed E-state index contributed by atoms with van der Waals surface area (Å²) in [5.74, 6) is -0.788. The largest absolute Gasteiger partial charge is 0.465 e. The van der Waals surface area contributed by atoms with Gasteiger partial charge in [0.15, 0.2) is 0 Å². The zero-order valence-electron chi connectivity index (χ0n) is 17.6. The maximum Gasteiger partial charge on any atom is 0.340 e. The standard InChI is InChI=1S/C24H26N2O5/c1-3-31-24(29)22-16-26(15-21(22)17-7-5-4-6-8-17)14-20(27)13-25-19-11-9-18(10-12-19)23(28)30-2/h4-12,15-16,20,25,27H,3,13-14H2,1-2H3. The number of hydrogen-bond acceptors (Lipinski definition) is 6. The molecule has 0 saturated heterocycles. The molecule has 0 aliphatic rings. The van der Waals surface area contributed by atoms with Crippen molar-refractivity contribution in [2.75, 3.05) is 25.6 Å². The molecule has 0 spiro atoms. The quantitative estimate of drug-likeness (QED) is 0.512. The fourth-order valence-electron chi connectivity index (χ4n) is 3.22. The van der Waals surface area contributed by atoms with Crippen LogP contribution in [-0.2, 0) is 16.0 Å². The lowest BCUT2D eigenvalue weighted by Gasteiger charge is -2.14. The Kier molecular flexibility index (Phi) is 7.45. The Bertz CT molecular complexity index is 1010. The lowest BCUT2D eigenvalue weighted by Crippen LogP contribution is -2.24. The zero-order chi connectivity index (χ0) is 22.2. The van der Waals surface area contributed by atoms with Crippen LogP contribution in [0.2, 0.25) is 0 Å². The predicted molar refractivity (Wildman–Crippen MR) is 118 cm³/mol. The third-order valence-electron chi connectivity index (χ3n) is 4.73. The summed E-state index contributed by atoms with van der Waals surface area (Å²) in [4.78, 5) is 23.9. The average Bonchev–Trinajstić information content (AvgIpc) is 3.22. The highest BCUT2D eigenvalue weighted by molar-refractivity contribution is 5.97. The highest BCUT2D eigenvalue weighted by Gasteiger charge is 2.18. The first-order chi connectivity index (χ1) is 15.0. The predicted octanol–water partition coefficient (Wildman–Crippen LogP) is 3.59. The fraction of sp³-hybridized carbons (Fsp3) is 0.250. The van der Waals surface area contributed by atoms with Gasteiger partial charge in [-0.05, 0) is 36.8 Å². The van der Waals surface area contributed by atoms with Gasteiger partial charge in [0.2, 0.25) is 0 Å². The molecule has 7 nitrogen and oxygen atoms in total. The molecule has 162 valence electrons. The van der Waals surface area contributed by atoms with Gasteiger partial charge in [0, 0.05) is 36.7 Å². The molecule has 7 heteroatoms. The molecule has 1 heterocycles. The van der Waals surface area contributed by atoms with Crippen LogP contribution in [0.15, 0.2) is 67.0 Å². The number of aliphatic hydroxyl groups is 1. The molecular weight excluding hydrogens is 396 g/mol. The van der Waals surface area contributed by atoms with Crippen molar-refractivity contribution in [3.8, 4) is 11.1 Å². The van der Waals surface area contributed by atoms with Crippen molar-refractivity contribution in [3.63, 3.8) is 0 Å². The number of rotatable bonds is 9. The second-order valence-electron chi connectivity index (χ2n) is 6.97. The number of ether oxygens (including phenoxy) is 2. The van der Waals surface area contributed by atoms with E-state index in [1.54, 1.807) is 42.0 Å². The number of benzene rings is 2. The third kappa shape index (κ3) is 5.73. The van der Waals surface area contributed by atoms with Crippen LogP contribution in [0.5, 0.6) is 0 Å². The van der Waals surface area contributed by atoms with E-state index in [9.17, 15) is 14.7 Å². The minimum absolute atomic E-state index is 0.291. The lowest BCUT2D eigenvalue weighted by atomic mass is 10.1. The summed E-state index contributed by atoms with van der Waals surface area (Å²) >= 11 is 0. The van der Waals surface area contributed by atoms with E-state index in [1.807, 2.05) is 36.5 Å². The van der Waals surface area contributed by atoms with E-state index in [-0.39, 0.29) is 0 Å². The van der Waals surface area contributed by atoms with Gasteiger partial charge in [-0.3, -0.25) is 0 Å².